The zero-order chi connectivity index (χ0) is 31.5. The summed E-state index contributed by atoms with van der Waals surface area (Å²) in [6.07, 6.45) is -0.684. The first kappa shape index (κ1) is 32.9. The second-order valence-electron chi connectivity index (χ2n) is 12.7. The molecule has 2 aromatic rings. The maximum Gasteiger partial charge on any atom is 0.404 e. The van der Waals surface area contributed by atoms with Gasteiger partial charge >= 0.3 is 6.18 Å². The van der Waals surface area contributed by atoms with E-state index in [1.165, 1.54) is 28.0 Å². The average molecular weight is 623 g/mol. The van der Waals surface area contributed by atoms with Gasteiger partial charge in [0.2, 0.25) is 5.91 Å². The van der Waals surface area contributed by atoms with Crippen LogP contribution in [0.25, 0.3) is 0 Å². The number of carbonyl (C=O) groups is 2. The molecule has 2 amide bonds. The molecule has 11 heteroatoms. The zero-order valence-corrected chi connectivity index (χ0v) is 26.3. The van der Waals surface area contributed by atoms with Gasteiger partial charge in [-0.2, -0.15) is 13.2 Å². The van der Waals surface area contributed by atoms with Crippen LogP contribution in [0.1, 0.15) is 74.7 Å². The molecule has 1 aromatic carbocycles. The number of piperidine rings is 2. The summed E-state index contributed by atoms with van der Waals surface area (Å²) < 4.78 is 48.2. The molecular weight excluding hydrogens is 581 g/mol. The number of benzene rings is 1. The third kappa shape index (κ3) is 8.13. The van der Waals surface area contributed by atoms with Crippen LogP contribution in [0.3, 0.4) is 0 Å². The summed E-state index contributed by atoms with van der Waals surface area (Å²) in [4.78, 5) is 35.1. The molecule has 3 heterocycles. The Morgan fingerprint density at radius 1 is 1.09 bits per heavy atom. The molecule has 2 fully saturated rings. The van der Waals surface area contributed by atoms with E-state index in [-0.39, 0.29) is 28.1 Å². The maximum absolute atomic E-state index is 14.2. The van der Waals surface area contributed by atoms with E-state index >= 15 is 0 Å². The predicted molar refractivity (Wildman–Crippen MR) is 162 cm³/mol. The molecule has 2 saturated heterocycles. The molecule has 2 aliphatic heterocycles. The molecule has 1 aromatic heterocycles. The molecule has 0 aliphatic carbocycles. The average Bonchev–Trinajstić information content (AvgIpc) is 2.92. The van der Waals surface area contributed by atoms with E-state index in [4.69, 9.17) is 16.3 Å². The first-order chi connectivity index (χ1) is 20.2. The number of nitrogens with zero attached hydrogens (tertiary/aromatic N) is 4. The predicted octanol–water partition coefficient (Wildman–Crippen LogP) is 6.81. The van der Waals surface area contributed by atoms with Gasteiger partial charge in [0.1, 0.15) is 16.7 Å². The van der Waals surface area contributed by atoms with Crippen molar-refractivity contribution in [3.05, 3.63) is 52.7 Å². The molecule has 1 unspecified atom stereocenters. The van der Waals surface area contributed by atoms with Crippen LogP contribution in [0.4, 0.5) is 19.0 Å². The highest BCUT2D eigenvalue weighted by Gasteiger charge is 2.49. The van der Waals surface area contributed by atoms with Crippen molar-refractivity contribution in [2.75, 3.05) is 45.2 Å². The lowest BCUT2D eigenvalue weighted by Crippen LogP contribution is -2.47. The molecule has 43 heavy (non-hydrogen) atoms. The van der Waals surface area contributed by atoms with Crippen LogP contribution in [0.5, 0.6) is 5.75 Å². The Hall–Kier alpha value is -3.01. The van der Waals surface area contributed by atoms with E-state index in [0.29, 0.717) is 43.2 Å². The van der Waals surface area contributed by atoms with Gasteiger partial charge in [0.05, 0.1) is 11.7 Å². The van der Waals surface area contributed by atoms with E-state index in [1.807, 2.05) is 6.07 Å². The van der Waals surface area contributed by atoms with E-state index in [2.05, 4.69) is 16.8 Å². The van der Waals surface area contributed by atoms with Crippen LogP contribution in [0.15, 0.2) is 36.4 Å². The summed E-state index contributed by atoms with van der Waals surface area (Å²) in [5.74, 6) is -1.76. The second-order valence-corrected chi connectivity index (χ2v) is 13.0. The number of hydrogen-bond donors (Lipinski definition) is 0. The van der Waals surface area contributed by atoms with Crippen molar-refractivity contribution in [1.29, 1.82) is 0 Å². The van der Waals surface area contributed by atoms with Crippen LogP contribution in [0, 0.1) is 11.3 Å². The monoisotopic (exact) mass is 622 g/mol. The van der Waals surface area contributed by atoms with Gasteiger partial charge in [-0.25, -0.2) is 4.98 Å². The van der Waals surface area contributed by atoms with Crippen LogP contribution in [-0.4, -0.2) is 79.2 Å². The second kappa shape index (κ2) is 13.3. The van der Waals surface area contributed by atoms with E-state index in [0.717, 1.165) is 38.2 Å². The van der Waals surface area contributed by atoms with Crippen molar-refractivity contribution in [2.45, 2.75) is 71.1 Å². The highest BCUT2D eigenvalue weighted by atomic mass is 35.5. The van der Waals surface area contributed by atoms with Gasteiger partial charge in [-0.1, -0.05) is 30.7 Å². The first-order valence-electron chi connectivity index (χ1n) is 14.9. The molecule has 236 valence electrons. The lowest BCUT2D eigenvalue weighted by atomic mass is 9.71. The number of aromatic nitrogens is 1. The SMILES string of the molecule is CC(C)Oc1cccc(C(C(=O)N2CCC(C)(CC3CCN(c4ccc(C(=O)N(C)C)c(Cl)n4)CC3)CC2)C(F)(F)F)c1. The normalized spacial score (nSPS) is 18.5. The largest absolute Gasteiger partial charge is 0.491 e. The fourth-order valence-corrected chi connectivity index (χ4v) is 6.46. The summed E-state index contributed by atoms with van der Waals surface area (Å²) in [6, 6.07) is 9.34. The van der Waals surface area contributed by atoms with Crippen LogP contribution in [0.2, 0.25) is 5.15 Å². The Bertz CT molecular complexity index is 1290. The first-order valence-corrected chi connectivity index (χ1v) is 15.3. The number of likely N-dealkylation sites (tertiary alicyclic amines) is 1. The van der Waals surface area contributed by atoms with Gasteiger partial charge in [-0.15, -0.1) is 0 Å². The maximum atomic E-state index is 14.2. The summed E-state index contributed by atoms with van der Waals surface area (Å²) in [6.45, 7) is 8.03. The third-order valence-corrected chi connectivity index (χ3v) is 8.90. The topological polar surface area (TPSA) is 66.0 Å². The Labute approximate surface area is 257 Å². The fraction of sp³-hybridized carbons (Fsp3) is 0.594. The Kier molecular flexibility index (Phi) is 10.2. The highest BCUT2D eigenvalue weighted by Crippen LogP contribution is 2.43. The standard InChI is InChI=1S/C32H42ClF3N4O3/c1-21(2)43-24-8-6-7-23(19-24)27(32(34,35)36)30(42)40-17-13-31(3,14-18-40)20-22-11-15-39(16-12-22)26-10-9-25(28(33)37-26)29(41)38(4)5/h6-10,19,21-22,27H,11-18,20H2,1-5H3. The molecule has 0 N–H and O–H groups in total. The van der Waals surface area contributed by atoms with Crippen molar-refractivity contribution in [3.63, 3.8) is 0 Å². The van der Waals surface area contributed by atoms with Crippen LogP contribution < -0.4 is 9.64 Å². The summed E-state index contributed by atoms with van der Waals surface area (Å²) >= 11 is 6.32. The van der Waals surface area contributed by atoms with Gasteiger partial charge in [0.25, 0.3) is 5.91 Å². The van der Waals surface area contributed by atoms with E-state index in [9.17, 15) is 22.8 Å². The van der Waals surface area contributed by atoms with Gasteiger partial charge in [-0.3, -0.25) is 9.59 Å². The Morgan fingerprint density at radius 3 is 2.30 bits per heavy atom. The number of halogens is 4. The molecule has 2 aliphatic rings. The van der Waals surface area contributed by atoms with Gasteiger partial charge in [-0.05, 0) is 87.1 Å². The van der Waals surface area contributed by atoms with Gasteiger partial charge in [0.15, 0.2) is 5.92 Å². The van der Waals surface area contributed by atoms with Crippen molar-refractivity contribution >= 4 is 29.2 Å². The number of ether oxygens (including phenoxy) is 1. The van der Waals surface area contributed by atoms with E-state index < -0.39 is 18.0 Å². The van der Waals surface area contributed by atoms with Crippen molar-refractivity contribution in [2.24, 2.45) is 11.3 Å². The third-order valence-electron chi connectivity index (χ3n) is 8.61. The summed E-state index contributed by atoms with van der Waals surface area (Å²) in [5.41, 5.74) is 0.238. The Morgan fingerprint density at radius 2 is 1.74 bits per heavy atom. The smallest absolute Gasteiger partial charge is 0.404 e. The van der Waals surface area contributed by atoms with Crippen LogP contribution in [-0.2, 0) is 4.79 Å². The molecule has 7 nitrogen and oxygen atoms in total. The van der Waals surface area contributed by atoms with Crippen molar-refractivity contribution in [1.82, 2.24) is 14.8 Å². The molecular formula is C32H42ClF3N4O3. The number of rotatable bonds is 8. The highest BCUT2D eigenvalue weighted by molar-refractivity contribution is 6.32. The number of anilines is 1. The molecule has 0 spiro atoms. The minimum absolute atomic E-state index is 0.0435. The van der Waals surface area contributed by atoms with Crippen LogP contribution >= 0.6 is 11.6 Å². The minimum atomic E-state index is -4.70. The molecule has 0 bridgehead atoms. The number of hydrogen-bond acceptors (Lipinski definition) is 5. The zero-order valence-electron chi connectivity index (χ0n) is 25.6. The number of pyridine rings is 1. The summed E-state index contributed by atoms with van der Waals surface area (Å²) in [5, 5.41) is 0.191. The quantitative estimate of drug-likeness (QED) is 0.303. The number of carbonyl (C=O) groups excluding carboxylic acids is 2. The van der Waals surface area contributed by atoms with E-state index in [1.54, 1.807) is 40.1 Å². The molecule has 4 rings (SSSR count). The minimum Gasteiger partial charge on any atom is -0.491 e. The molecule has 0 saturated carbocycles. The molecule has 0 radical (unpaired) electrons. The van der Waals surface area contributed by atoms with Gasteiger partial charge in [0, 0.05) is 40.3 Å². The Balaban J connectivity index is 1.33. The number of amides is 2. The van der Waals surface area contributed by atoms with Gasteiger partial charge < -0.3 is 19.4 Å². The summed E-state index contributed by atoms with van der Waals surface area (Å²) in [7, 11) is 3.34. The van der Waals surface area contributed by atoms with Crippen molar-refractivity contribution < 1.29 is 27.5 Å². The lowest BCUT2D eigenvalue weighted by molar-refractivity contribution is -0.173. The van der Waals surface area contributed by atoms with Crippen molar-refractivity contribution in [3.8, 4) is 5.75 Å². The fourth-order valence-electron chi connectivity index (χ4n) is 6.23. The molecule has 1 atom stereocenters. The number of alkyl halides is 3. The lowest BCUT2D eigenvalue weighted by Gasteiger charge is -2.43.